The number of nitrogens with two attached hydrogens (primary N) is 1. The molecule has 0 aliphatic heterocycles. The molecule has 0 amide bonds. The third-order valence-corrected chi connectivity index (χ3v) is 2.36. The van der Waals surface area contributed by atoms with Crippen molar-refractivity contribution < 1.29 is 23.0 Å². The summed E-state index contributed by atoms with van der Waals surface area (Å²) in [5, 5.41) is 9.99. The van der Waals surface area contributed by atoms with E-state index in [9.17, 15) is 18.3 Å². The number of alkyl halides is 3. The summed E-state index contributed by atoms with van der Waals surface area (Å²) in [5.74, 6) is 0. The minimum absolute atomic E-state index is 0.0465. The number of halogens is 3. The monoisotopic (exact) mass is 243 g/mol. The summed E-state index contributed by atoms with van der Waals surface area (Å²) in [6.07, 6.45) is -4.10. The Bertz CT molecular complexity index is 187. The van der Waals surface area contributed by atoms with Gasteiger partial charge in [0.2, 0.25) is 0 Å². The van der Waals surface area contributed by atoms with Gasteiger partial charge in [0.1, 0.15) is 0 Å². The molecule has 3 nitrogen and oxygen atoms in total. The molecule has 0 aromatic heterocycles. The number of hydrogen-bond donors (Lipinski definition) is 2. The first-order valence-corrected chi connectivity index (χ1v) is 5.31. The number of ether oxygens (including phenoxy) is 1. The number of aliphatic hydroxyl groups is 1. The van der Waals surface area contributed by atoms with Crippen LogP contribution in [0.4, 0.5) is 13.2 Å². The van der Waals surface area contributed by atoms with Crippen molar-refractivity contribution in [2.24, 2.45) is 5.73 Å². The Hall–Kier alpha value is -0.330. The van der Waals surface area contributed by atoms with E-state index in [-0.39, 0.29) is 19.4 Å². The van der Waals surface area contributed by atoms with Crippen LogP contribution in [0.2, 0.25) is 0 Å². The van der Waals surface area contributed by atoms with Gasteiger partial charge in [-0.2, -0.15) is 13.2 Å². The maximum Gasteiger partial charge on any atom is 0.389 e. The van der Waals surface area contributed by atoms with Crippen LogP contribution in [0.5, 0.6) is 0 Å². The second-order valence-corrected chi connectivity index (χ2v) is 4.02. The summed E-state index contributed by atoms with van der Waals surface area (Å²) in [4.78, 5) is 0. The summed E-state index contributed by atoms with van der Waals surface area (Å²) in [6, 6.07) is 0. The highest BCUT2D eigenvalue weighted by molar-refractivity contribution is 4.78. The lowest BCUT2D eigenvalue weighted by Crippen LogP contribution is -2.35. The molecule has 16 heavy (non-hydrogen) atoms. The van der Waals surface area contributed by atoms with E-state index in [0.29, 0.717) is 19.4 Å². The lowest BCUT2D eigenvalue weighted by Gasteiger charge is -2.27. The molecule has 0 aliphatic rings. The van der Waals surface area contributed by atoms with E-state index in [1.807, 2.05) is 0 Å². The Morgan fingerprint density at radius 1 is 1.12 bits per heavy atom. The molecular formula is C10H20F3NO2. The van der Waals surface area contributed by atoms with Crippen LogP contribution >= 0.6 is 0 Å². The lowest BCUT2D eigenvalue weighted by atomic mass is 9.92. The maximum atomic E-state index is 11.9. The maximum absolute atomic E-state index is 11.9. The van der Waals surface area contributed by atoms with Crippen LogP contribution in [0.25, 0.3) is 0 Å². The van der Waals surface area contributed by atoms with Gasteiger partial charge in [-0.15, -0.1) is 0 Å². The van der Waals surface area contributed by atoms with E-state index in [4.69, 9.17) is 10.5 Å². The van der Waals surface area contributed by atoms with E-state index < -0.39 is 18.2 Å². The highest BCUT2D eigenvalue weighted by Gasteiger charge is 2.31. The number of rotatable bonds is 8. The molecule has 1 atom stereocenters. The summed E-state index contributed by atoms with van der Waals surface area (Å²) in [6.45, 7) is 0.455. The molecule has 6 heteroatoms. The molecule has 3 N–H and O–H groups in total. The van der Waals surface area contributed by atoms with E-state index in [1.54, 1.807) is 0 Å². The van der Waals surface area contributed by atoms with Crippen molar-refractivity contribution in [2.45, 2.75) is 43.9 Å². The molecular weight excluding hydrogens is 223 g/mol. The van der Waals surface area contributed by atoms with Crippen LogP contribution in [0.3, 0.4) is 0 Å². The second-order valence-electron chi connectivity index (χ2n) is 4.02. The van der Waals surface area contributed by atoms with Crippen LogP contribution in [0.1, 0.15) is 32.1 Å². The fourth-order valence-electron chi connectivity index (χ4n) is 1.59. The van der Waals surface area contributed by atoms with Gasteiger partial charge >= 0.3 is 6.18 Å². The van der Waals surface area contributed by atoms with Crippen LogP contribution in [-0.2, 0) is 4.74 Å². The minimum atomic E-state index is -4.16. The normalized spacial score (nSPS) is 16.1. The molecule has 0 heterocycles. The zero-order chi connectivity index (χ0) is 12.7. The van der Waals surface area contributed by atoms with Gasteiger partial charge in [-0.25, -0.2) is 0 Å². The van der Waals surface area contributed by atoms with Crippen molar-refractivity contribution in [2.75, 3.05) is 20.3 Å². The molecule has 0 saturated heterocycles. The first-order chi connectivity index (χ1) is 7.33. The molecule has 0 saturated carbocycles. The third-order valence-electron chi connectivity index (χ3n) is 2.36. The molecule has 1 unspecified atom stereocenters. The van der Waals surface area contributed by atoms with Gasteiger partial charge in [-0.05, 0) is 32.2 Å². The fourth-order valence-corrected chi connectivity index (χ4v) is 1.59. The van der Waals surface area contributed by atoms with Gasteiger partial charge in [0.15, 0.2) is 0 Å². The molecule has 0 aromatic rings. The minimum Gasteiger partial charge on any atom is -0.387 e. The van der Waals surface area contributed by atoms with Crippen molar-refractivity contribution in [3.05, 3.63) is 0 Å². The highest BCUT2D eigenvalue weighted by atomic mass is 19.4. The van der Waals surface area contributed by atoms with E-state index in [2.05, 4.69) is 0 Å². The molecule has 0 radical (unpaired) electrons. The quantitative estimate of drug-likeness (QED) is 0.684. The molecule has 0 rings (SSSR count). The number of methoxy groups -OCH3 is 1. The van der Waals surface area contributed by atoms with Gasteiger partial charge in [-0.1, -0.05) is 0 Å². The van der Waals surface area contributed by atoms with E-state index >= 15 is 0 Å². The summed E-state index contributed by atoms with van der Waals surface area (Å²) < 4.78 is 40.6. The average Bonchev–Trinajstić information content (AvgIpc) is 2.13. The van der Waals surface area contributed by atoms with E-state index in [1.165, 1.54) is 7.11 Å². The topological polar surface area (TPSA) is 55.5 Å². The summed E-state index contributed by atoms with van der Waals surface area (Å²) >= 11 is 0. The predicted molar refractivity (Wildman–Crippen MR) is 55.0 cm³/mol. The van der Waals surface area contributed by atoms with E-state index in [0.717, 1.165) is 0 Å². The molecule has 0 aromatic carbocycles. The van der Waals surface area contributed by atoms with Crippen LogP contribution in [0.15, 0.2) is 0 Å². The summed E-state index contributed by atoms with van der Waals surface area (Å²) in [5.41, 5.74) is 4.12. The van der Waals surface area contributed by atoms with Gasteiger partial charge in [-0.3, -0.25) is 0 Å². The Balaban J connectivity index is 4.01. The predicted octanol–water partition coefficient (Wildman–Crippen LogP) is 1.84. The van der Waals surface area contributed by atoms with Gasteiger partial charge in [0.25, 0.3) is 0 Å². The first kappa shape index (κ1) is 15.7. The van der Waals surface area contributed by atoms with Crippen LogP contribution < -0.4 is 5.73 Å². The molecule has 0 aliphatic carbocycles. The standard InChI is InChI=1S/C10H20F3NO2/c1-16-8-9(15,5-3-7-14)4-2-6-10(11,12)13/h15H,2-8,14H2,1H3. The first-order valence-electron chi connectivity index (χ1n) is 5.31. The van der Waals surface area contributed by atoms with Gasteiger partial charge in [0, 0.05) is 13.5 Å². The molecule has 0 fully saturated rings. The van der Waals surface area contributed by atoms with Crippen molar-refractivity contribution in [1.82, 2.24) is 0 Å². The second kappa shape index (κ2) is 7.09. The molecule has 98 valence electrons. The van der Waals surface area contributed by atoms with Gasteiger partial charge in [0.05, 0.1) is 12.2 Å². The van der Waals surface area contributed by atoms with Crippen molar-refractivity contribution >= 4 is 0 Å². The summed E-state index contributed by atoms with van der Waals surface area (Å²) in [7, 11) is 1.41. The highest BCUT2D eigenvalue weighted by Crippen LogP contribution is 2.27. The fraction of sp³-hybridized carbons (Fsp3) is 1.00. The van der Waals surface area contributed by atoms with Crippen molar-refractivity contribution in [3.63, 3.8) is 0 Å². The Labute approximate surface area is 93.8 Å². The lowest BCUT2D eigenvalue weighted by molar-refractivity contribution is -0.139. The van der Waals surface area contributed by atoms with Crippen LogP contribution in [0, 0.1) is 0 Å². The SMILES string of the molecule is COCC(O)(CCCN)CCCC(F)(F)F. The van der Waals surface area contributed by atoms with Crippen molar-refractivity contribution in [3.8, 4) is 0 Å². The van der Waals surface area contributed by atoms with Crippen LogP contribution in [-0.4, -0.2) is 37.1 Å². The number of hydrogen-bond acceptors (Lipinski definition) is 3. The average molecular weight is 243 g/mol. The Morgan fingerprint density at radius 3 is 2.12 bits per heavy atom. The zero-order valence-corrected chi connectivity index (χ0v) is 9.52. The van der Waals surface area contributed by atoms with Gasteiger partial charge < -0.3 is 15.6 Å². The van der Waals surface area contributed by atoms with Crippen molar-refractivity contribution in [1.29, 1.82) is 0 Å². The molecule has 0 spiro atoms. The smallest absolute Gasteiger partial charge is 0.387 e. The molecule has 0 bridgehead atoms. The Kier molecular flexibility index (Phi) is 6.94. The largest absolute Gasteiger partial charge is 0.389 e. The third kappa shape index (κ3) is 7.90. The zero-order valence-electron chi connectivity index (χ0n) is 9.52. The Morgan fingerprint density at radius 2 is 1.69 bits per heavy atom.